The molecule has 1 aromatic rings. The molecule has 2 fully saturated rings. The van der Waals surface area contributed by atoms with E-state index in [-0.39, 0.29) is 41.8 Å². The molecule has 3 N–H and O–H groups in total. The molecule has 2 saturated carbocycles. The average molecular weight is 553 g/mol. The van der Waals surface area contributed by atoms with Crippen LogP contribution in [0.1, 0.15) is 75.3 Å². The van der Waals surface area contributed by atoms with Crippen molar-refractivity contribution in [3.05, 3.63) is 42.0 Å². The molecule has 3 aliphatic carbocycles. The summed E-state index contributed by atoms with van der Waals surface area (Å²) in [5, 5.41) is 30.6. The van der Waals surface area contributed by atoms with Gasteiger partial charge < -0.3 is 15.3 Å². The average Bonchev–Trinajstić information content (AvgIpc) is 3.14. The maximum atomic E-state index is 13.8. The molecule has 7 atom stereocenters. The van der Waals surface area contributed by atoms with Crippen LogP contribution in [-0.2, 0) is 6.42 Å². The lowest BCUT2D eigenvalue weighted by molar-refractivity contribution is -0.371. The second-order valence-corrected chi connectivity index (χ2v) is 11.8. The summed E-state index contributed by atoms with van der Waals surface area (Å²) in [6.07, 6.45) is -4.99. The Kier molecular flexibility index (Phi) is 7.43. The fraction of sp³-hybridized carbons (Fsp3) is 0.714. The monoisotopic (exact) mass is 552 g/mol. The summed E-state index contributed by atoms with van der Waals surface area (Å²) < 4.78 is 91.8. The van der Waals surface area contributed by atoms with Crippen molar-refractivity contribution >= 4 is 0 Å². The first-order chi connectivity index (χ1) is 17.5. The smallest absolute Gasteiger partial charge is 0.459 e. The van der Waals surface area contributed by atoms with Crippen molar-refractivity contribution in [3.63, 3.8) is 0 Å². The van der Waals surface area contributed by atoms with E-state index in [1.807, 2.05) is 12.1 Å². The van der Waals surface area contributed by atoms with Crippen LogP contribution in [0.4, 0.5) is 30.7 Å². The SMILES string of the molecule is C=CC12CCc3cc(O)ccc3[C@H]1[C@@H](CCCC[C@H](O)C(F)(F)C(F)(F)C(F)(F)F)C[C@]1(C)[C@@H](O)CC[C@@H]21. The molecule has 10 heteroatoms. The van der Waals surface area contributed by atoms with E-state index in [1.54, 1.807) is 12.1 Å². The Balaban J connectivity index is 1.55. The Morgan fingerprint density at radius 1 is 1.11 bits per heavy atom. The van der Waals surface area contributed by atoms with Gasteiger partial charge in [-0.25, -0.2) is 0 Å². The van der Waals surface area contributed by atoms with E-state index in [0.717, 1.165) is 30.4 Å². The first-order valence-electron chi connectivity index (χ1n) is 13.2. The Labute approximate surface area is 217 Å². The molecule has 4 rings (SSSR count). The van der Waals surface area contributed by atoms with Crippen molar-refractivity contribution in [3.8, 4) is 5.75 Å². The highest BCUT2D eigenvalue weighted by atomic mass is 19.4. The minimum Gasteiger partial charge on any atom is -0.508 e. The maximum Gasteiger partial charge on any atom is 0.459 e. The van der Waals surface area contributed by atoms with Gasteiger partial charge in [-0.3, -0.25) is 0 Å². The standard InChI is InChI=1S/C28H35F7O3/c1-3-25-13-12-16-14-18(36)8-9-19(16)23(25)17(15-24(2)20(25)10-11-21(24)37)6-4-5-7-22(38)26(29,30)27(31,32)28(33,34)35/h3,8-9,14,17,20-23,36-38H,1,4-7,10-13,15H2,2H3/t17-,20+,21-,22-,23+,24-,25?/m0/s1. The van der Waals surface area contributed by atoms with Crippen LogP contribution in [0.15, 0.2) is 30.9 Å². The molecule has 0 radical (unpaired) electrons. The van der Waals surface area contributed by atoms with Crippen LogP contribution in [0.3, 0.4) is 0 Å². The summed E-state index contributed by atoms with van der Waals surface area (Å²) in [5.74, 6) is -11.8. The number of alkyl halides is 7. The predicted octanol–water partition coefficient (Wildman–Crippen LogP) is 7.15. The van der Waals surface area contributed by atoms with Crippen LogP contribution < -0.4 is 0 Å². The number of rotatable bonds is 8. The molecule has 3 aliphatic rings. The lowest BCUT2D eigenvalue weighted by Gasteiger charge is -2.60. The van der Waals surface area contributed by atoms with Gasteiger partial charge in [0.1, 0.15) is 11.9 Å². The van der Waals surface area contributed by atoms with Gasteiger partial charge in [0.15, 0.2) is 0 Å². The van der Waals surface area contributed by atoms with Crippen molar-refractivity contribution < 1.29 is 46.1 Å². The third-order valence-electron chi connectivity index (χ3n) is 9.85. The molecule has 0 aliphatic heterocycles. The Morgan fingerprint density at radius 2 is 1.79 bits per heavy atom. The number of hydrogen-bond donors (Lipinski definition) is 3. The number of fused-ring (bicyclic) bond motifs is 5. The van der Waals surface area contributed by atoms with Crippen molar-refractivity contribution in [2.45, 2.75) is 101 Å². The van der Waals surface area contributed by atoms with Gasteiger partial charge in [-0.2, -0.15) is 30.7 Å². The lowest BCUT2D eigenvalue weighted by atomic mass is 9.44. The number of aromatic hydroxyl groups is 1. The van der Waals surface area contributed by atoms with Gasteiger partial charge in [-0.1, -0.05) is 31.9 Å². The van der Waals surface area contributed by atoms with Crippen LogP contribution in [0, 0.1) is 22.7 Å². The molecular formula is C28H35F7O3. The molecule has 214 valence electrons. The number of aliphatic hydroxyl groups is 2. The summed E-state index contributed by atoms with van der Waals surface area (Å²) in [7, 11) is 0. The van der Waals surface area contributed by atoms with Crippen molar-refractivity contribution in [1.82, 2.24) is 0 Å². The molecule has 0 aromatic heterocycles. The Bertz CT molecular complexity index is 1040. The third-order valence-corrected chi connectivity index (χ3v) is 9.85. The third kappa shape index (κ3) is 4.34. The van der Waals surface area contributed by atoms with E-state index in [2.05, 4.69) is 13.5 Å². The summed E-state index contributed by atoms with van der Waals surface area (Å²) in [6.45, 7) is 6.24. The van der Waals surface area contributed by atoms with Gasteiger partial charge in [0.05, 0.1) is 6.10 Å². The summed E-state index contributed by atoms with van der Waals surface area (Å²) in [4.78, 5) is 0. The van der Waals surface area contributed by atoms with Gasteiger partial charge in [-0.15, -0.1) is 6.58 Å². The van der Waals surface area contributed by atoms with E-state index in [1.165, 1.54) is 0 Å². The molecule has 38 heavy (non-hydrogen) atoms. The van der Waals surface area contributed by atoms with Crippen molar-refractivity contribution in [1.29, 1.82) is 0 Å². The van der Waals surface area contributed by atoms with Gasteiger partial charge in [-0.05, 0) is 96.8 Å². The largest absolute Gasteiger partial charge is 0.508 e. The summed E-state index contributed by atoms with van der Waals surface area (Å²) in [6, 6.07) is 5.24. The summed E-state index contributed by atoms with van der Waals surface area (Å²) in [5.41, 5.74) is 1.30. The zero-order valence-electron chi connectivity index (χ0n) is 21.3. The highest BCUT2D eigenvalue weighted by molar-refractivity contribution is 5.43. The quantitative estimate of drug-likeness (QED) is 0.182. The van der Waals surface area contributed by atoms with Gasteiger partial charge in [0.2, 0.25) is 0 Å². The first-order valence-corrected chi connectivity index (χ1v) is 13.2. The molecule has 0 bridgehead atoms. The lowest BCUT2D eigenvalue weighted by Crippen LogP contribution is -2.57. The van der Waals surface area contributed by atoms with E-state index in [4.69, 9.17) is 0 Å². The zero-order valence-corrected chi connectivity index (χ0v) is 21.3. The fourth-order valence-electron chi connectivity index (χ4n) is 8.02. The van der Waals surface area contributed by atoms with Gasteiger partial charge in [0, 0.05) is 0 Å². The minimum absolute atomic E-state index is 0.0337. The fourth-order valence-corrected chi connectivity index (χ4v) is 8.02. The number of hydrogen-bond acceptors (Lipinski definition) is 3. The van der Waals surface area contributed by atoms with E-state index >= 15 is 0 Å². The van der Waals surface area contributed by atoms with E-state index in [9.17, 15) is 46.1 Å². The molecule has 0 spiro atoms. The van der Waals surface area contributed by atoms with E-state index in [0.29, 0.717) is 19.3 Å². The molecule has 1 unspecified atom stereocenters. The number of phenolic OH excluding ortho intramolecular Hbond substituents is 1. The second kappa shape index (κ2) is 9.68. The predicted molar refractivity (Wildman–Crippen MR) is 127 cm³/mol. The highest BCUT2D eigenvalue weighted by Crippen LogP contribution is 2.69. The number of aryl methyl sites for hydroxylation is 1. The number of benzene rings is 1. The summed E-state index contributed by atoms with van der Waals surface area (Å²) >= 11 is 0. The van der Waals surface area contributed by atoms with E-state index < -0.39 is 42.1 Å². The molecule has 0 heterocycles. The second-order valence-electron chi connectivity index (χ2n) is 11.8. The topological polar surface area (TPSA) is 60.7 Å². The molecule has 1 aromatic carbocycles. The first kappa shape index (κ1) is 29.2. The van der Waals surface area contributed by atoms with Crippen molar-refractivity contribution in [2.24, 2.45) is 22.7 Å². The zero-order chi connectivity index (χ0) is 28.3. The molecule has 0 saturated heterocycles. The van der Waals surface area contributed by atoms with Crippen LogP contribution >= 0.6 is 0 Å². The van der Waals surface area contributed by atoms with Crippen LogP contribution in [-0.4, -0.2) is 45.5 Å². The maximum absolute atomic E-state index is 13.8. The molecule has 0 amide bonds. The Morgan fingerprint density at radius 3 is 2.42 bits per heavy atom. The number of aliphatic hydroxyl groups excluding tert-OH is 2. The molecular weight excluding hydrogens is 517 g/mol. The minimum atomic E-state index is -6.48. The van der Waals surface area contributed by atoms with Crippen LogP contribution in [0.2, 0.25) is 0 Å². The van der Waals surface area contributed by atoms with Gasteiger partial charge >= 0.3 is 18.0 Å². The number of allylic oxidation sites excluding steroid dienone is 1. The number of halogens is 7. The Hall–Kier alpha value is -1.81. The highest BCUT2D eigenvalue weighted by Gasteiger charge is 2.75. The molecule has 3 nitrogen and oxygen atoms in total. The van der Waals surface area contributed by atoms with Crippen molar-refractivity contribution in [2.75, 3.05) is 0 Å². The van der Waals surface area contributed by atoms with Crippen LogP contribution in [0.5, 0.6) is 5.75 Å². The normalized spacial score (nSPS) is 34.3. The number of phenols is 1. The van der Waals surface area contributed by atoms with Crippen LogP contribution in [0.25, 0.3) is 0 Å². The number of unbranched alkanes of at least 4 members (excludes halogenated alkanes) is 1. The van der Waals surface area contributed by atoms with Gasteiger partial charge in [0.25, 0.3) is 0 Å².